The maximum Gasteiger partial charge on any atom is 0.407 e. The summed E-state index contributed by atoms with van der Waals surface area (Å²) < 4.78 is 17.8. The smallest absolute Gasteiger partial charge is 0.407 e. The Morgan fingerprint density at radius 1 is 1.20 bits per heavy atom. The minimum atomic E-state index is -0.491. The number of hydrogen-bond donors (Lipinski definition) is 2. The highest BCUT2D eigenvalue weighted by Gasteiger charge is 2.44. The van der Waals surface area contributed by atoms with Crippen LogP contribution in [0.2, 0.25) is 0 Å². The van der Waals surface area contributed by atoms with Crippen molar-refractivity contribution in [2.45, 2.75) is 18.9 Å². The first-order valence-corrected chi connectivity index (χ1v) is 8.04. The number of alkyl carbamates (subject to hydrolysis) is 1. The molecule has 6 heteroatoms. The molecule has 130 valence electrons. The molecule has 2 aromatic rings. The second-order valence-electron chi connectivity index (χ2n) is 6.04. The molecule has 25 heavy (non-hydrogen) atoms. The Kier molecular flexibility index (Phi) is 4.97. The zero-order valence-electron chi connectivity index (χ0n) is 13.8. The van der Waals surface area contributed by atoms with Gasteiger partial charge in [-0.25, -0.2) is 9.18 Å². The third-order valence-corrected chi connectivity index (χ3v) is 4.25. The number of carbonyl (C=O) groups excluding carboxylic acids is 2. The highest BCUT2D eigenvalue weighted by atomic mass is 19.1. The summed E-state index contributed by atoms with van der Waals surface area (Å²) in [6.45, 7) is 0.352. The highest BCUT2D eigenvalue weighted by Crippen LogP contribution is 2.48. The molecule has 0 heterocycles. The summed E-state index contributed by atoms with van der Waals surface area (Å²) in [6.07, 6.45) is 0.241. The lowest BCUT2D eigenvalue weighted by Crippen LogP contribution is -2.22. The summed E-state index contributed by atoms with van der Waals surface area (Å²) in [5.74, 6) is -0.379. The molecule has 5 nitrogen and oxygen atoms in total. The van der Waals surface area contributed by atoms with Gasteiger partial charge in [0, 0.05) is 18.2 Å². The van der Waals surface area contributed by atoms with Crippen molar-refractivity contribution in [3.63, 3.8) is 0 Å². The van der Waals surface area contributed by atoms with Crippen LogP contribution >= 0.6 is 0 Å². The number of amides is 2. The van der Waals surface area contributed by atoms with E-state index in [4.69, 9.17) is 0 Å². The Morgan fingerprint density at radius 3 is 2.64 bits per heavy atom. The van der Waals surface area contributed by atoms with Gasteiger partial charge in [-0.1, -0.05) is 24.3 Å². The molecule has 2 aromatic carbocycles. The number of methoxy groups -OCH3 is 1. The molecule has 0 bridgehead atoms. The monoisotopic (exact) mass is 342 g/mol. The minimum Gasteiger partial charge on any atom is -0.453 e. The zero-order chi connectivity index (χ0) is 17.8. The maximum atomic E-state index is 13.3. The number of benzene rings is 2. The molecule has 0 unspecified atom stereocenters. The van der Waals surface area contributed by atoms with Crippen LogP contribution in [0.5, 0.6) is 0 Å². The van der Waals surface area contributed by atoms with E-state index in [0.29, 0.717) is 12.2 Å². The van der Waals surface area contributed by atoms with Crippen LogP contribution in [-0.2, 0) is 16.1 Å². The lowest BCUT2D eigenvalue weighted by atomic mass is 10.1. The lowest BCUT2D eigenvalue weighted by molar-refractivity contribution is -0.117. The number of hydrogen-bond acceptors (Lipinski definition) is 3. The van der Waals surface area contributed by atoms with Crippen molar-refractivity contribution in [1.29, 1.82) is 0 Å². The van der Waals surface area contributed by atoms with Crippen molar-refractivity contribution in [3.05, 3.63) is 65.5 Å². The number of carbonyl (C=O) groups is 2. The lowest BCUT2D eigenvalue weighted by Gasteiger charge is -2.07. The standard InChI is InChI=1S/C19H19FN2O3/c1-25-19(24)21-11-12-5-7-15(8-6-12)22-18(23)17-10-16(17)13-3-2-4-14(20)9-13/h2-9,16-17H,10-11H2,1H3,(H,21,24)(H,22,23)/t16-,17-/m0/s1. The fourth-order valence-electron chi connectivity index (χ4n) is 2.78. The van der Waals surface area contributed by atoms with Gasteiger partial charge in [-0.05, 0) is 47.7 Å². The number of ether oxygens (including phenoxy) is 1. The molecule has 1 aliphatic rings. The van der Waals surface area contributed by atoms with Crippen LogP contribution in [0.15, 0.2) is 48.5 Å². The van der Waals surface area contributed by atoms with Crippen LogP contribution in [0, 0.1) is 11.7 Å². The first kappa shape index (κ1) is 17.0. The van der Waals surface area contributed by atoms with Gasteiger partial charge in [0.2, 0.25) is 5.91 Å². The molecule has 0 aliphatic heterocycles. The van der Waals surface area contributed by atoms with Gasteiger partial charge in [-0.3, -0.25) is 4.79 Å². The molecule has 1 fully saturated rings. The van der Waals surface area contributed by atoms with Crippen LogP contribution in [0.25, 0.3) is 0 Å². The summed E-state index contributed by atoms with van der Waals surface area (Å²) in [6, 6.07) is 13.6. The van der Waals surface area contributed by atoms with Gasteiger partial charge in [-0.2, -0.15) is 0 Å². The maximum absolute atomic E-state index is 13.3. The Morgan fingerprint density at radius 2 is 1.96 bits per heavy atom. The summed E-state index contributed by atoms with van der Waals surface area (Å²) in [7, 11) is 1.31. The largest absolute Gasteiger partial charge is 0.453 e. The number of nitrogens with one attached hydrogen (secondary N) is 2. The van der Waals surface area contributed by atoms with E-state index >= 15 is 0 Å². The molecule has 0 saturated heterocycles. The molecule has 2 N–H and O–H groups in total. The van der Waals surface area contributed by atoms with E-state index in [-0.39, 0.29) is 23.6 Å². The quantitative estimate of drug-likeness (QED) is 0.875. The topological polar surface area (TPSA) is 67.4 Å². The fourth-order valence-corrected chi connectivity index (χ4v) is 2.78. The Hall–Kier alpha value is -2.89. The van der Waals surface area contributed by atoms with Crippen molar-refractivity contribution >= 4 is 17.7 Å². The van der Waals surface area contributed by atoms with Gasteiger partial charge in [0.25, 0.3) is 0 Å². The van der Waals surface area contributed by atoms with Gasteiger partial charge in [-0.15, -0.1) is 0 Å². The van der Waals surface area contributed by atoms with Crippen LogP contribution in [0.4, 0.5) is 14.9 Å². The average molecular weight is 342 g/mol. The third-order valence-electron chi connectivity index (χ3n) is 4.25. The number of rotatable bonds is 5. The second-order valence-corrected chi connectivity index (χ2v) is 6.04. The van der Waals surface area contributed by atoms with E-state index in [9.17, 15) is 14.0 Å². The highest BCUT2D eigenvalue weighted by molar-refractivity contribution is 5.95. The number of anilines is 1. The van der Waals surface area contributed by atoms with Gasteiger partial charge in [0.15, 0.2) is 0 Å². The van der Waals surface area contributed by atoms with E-state index in [1.165, 1.54) is 19.2 Å². The van der Waals surface area contributed by atoms with Crippen molar-refractivity contribution in [2.75, 3.05) is 12.4 Å². The second kappa shape index (κ2) is 7.34. The molecule has 1 aliphatic carbocycles. The van der Waals surface area contributed by atoms with Crippen LogP contribution in [0.3, 0.4) is 0 Å². The molecular formula is C19H19FN2O3. The predicted molar refractivity (Wildman–Crippen MR) is 91.6 cm³/mol. The molecule has 2 amide bonds. The summed E-state index contributed by atoms with van der Waals surface area (Å²) in [5, 5.41) is 5.46. The van der Waals surface area contributed by atoms with Crippen molar-refractivity contribution in [1.82, 2.24) is 5.32 Å². The van der Waals surface area contributed by atoms with Crippen LogP contribution in [-0.4, -0.2) is 19.1 Å². The molecule has 2 atom stereocenters. The van der Waals surface area contributed by atoms with Crippen LogP contribution < -0.4 is 10.6 Å². The molecule has 0 radical (unpaired) electrons. The van der Waals surface area contributed by atoms with Crippen molar-refractivity contribution < 1.29 is 18.7 Å². The van der Waals surface area contributed by atoms with Gasteiger partial charge in [0.05, 0.1) is 7.11 Å². The zero-order valence-corrected chi connectivity index (χ0v) is 13.8. The summed E-state index contributed by atoms with van der Waals surface area (Å²) >= 11 is 0. The molecule has 0 spiro atoms. The Balaban J connectivity index is 1.53. The fraction of sp³-hybridized carbons (Fsp3) is 0.263. The van der Waals surface area contributed by atoms with Crippen LogP contribution in [0.1, 0.15) is 23.5 Å². The molecule has 0 aromatic heterocycles. The van der Waals surface area contributed by atoms with Gasteiger partial charge >= 0.3 is 6.09 Å². The minimum absolute atomic E-state index is 0.0605. The average Bonchev–Trinajstić information content (AvgIpc) is 3.42. The van der Waals surface area contributed by atoms with E-state index < -0.39 is 6.09 Å². The molecular weight excluding hydrogens is 323 g/mol. The first-order valence-electron chi connectivity index (χ1n) is 8.04. The third kappa shape index (κ3) is 4.35. The SMILES string of the molecule is COC(=O)NCc1ccc(NC(=O)[C@H]2C[C@H]2c2cccc(F)c2)cc1. The Bertz CT molecular complexity index is 776. The first-order chi connectivity index (χ1) is 12.1. The van der Waals surface area contributed by atoms with Crippen molar-refractivity contribution in [2.24, 2.45) is 5.92 Å². The molecule has 1 saturated carbocycles. The predicted octanol–water partition coefficient (Wildman–Crippen LogP) is 3.42. The van der Waals surface area contributed by atoms with Gasteiger partial charge in [0.1, 0.15) is 5.82 Å². The normalized spacial score (nSPS) is 18.3. The van der Waals surface area contributed by atoms with E-state index in [1.54, 1.807) is 18.2 Å². The Labute approximate surface area is 145 Å². The summed E-state index contributed by atoms with van der Waals surface area (Å²) in [4.78, 5) is 23.3. The number of halogens is 1. The van der Waals surface area contributed by atoms with E-state index in [2.05, 4.69) is 15.4 Å². The molecule has 3 rings (SSSR count). The van der Waals surface area contributed by atoms with Crippen molar-refractivity contribution in [3.8, 4) is 0 Å². The van der Waals surface area contributed by atoms with Gasteiger partial charge < -0.3 is 15.4 Å². The van der Waals surface area contributed by atoms with E-state index in [0.717, 1.165) is 17.5 Å². The summed E-state index contributed by atoms with van der Waals surface area (Å²) in [5.41, 5.74) is 2.45. The van der Waals surface area contributed by atoms with E-state index in [1.807, 2.05) is 18.2 Å².